The van der Waals surface area contributed by atoms with Gasteiger partial charge >= 0.3 is 6.03 Å². The molecule has 0 aliphatic rings. The maximum Gasteiger partial charge on any atom is 0.321 e. The number of anilines is 1. The summed E-state index contributed by atoms with van der Waals surface area (Å²) < 4.78 is 13.5. The number of aryl methyl sites for hydroxylation is 1. The molecule has 3 N–H and O–H groups in total. The quantitative estimate of drug-likeness (QED) is 0.795. The van der Waals surface area contributed by atoms with Crippen molar-refractivity contribution < 1.29 is 14.3 Å². The first-order valence-electron chi connectivity index (χ1n) is 6.52. The van der Waals surface area contributed by atoms with Crippen molar-refractivity contribution in [3.8, 4) is 0 Å². The number of benzene rings is 1. The molecule has 0 aliphatic heterocycles. The monoisotopic (exact) mass is 309 g/mol. The van der Waals surface area contributed by atoms with Crippen LogP contribution in [0.2, 0.25) is 0 Å². The van der Waals surface area contributed by atoms with E-state index in [2.05, 4.69) is 15.6 Å². The molecule has 1 heterocycles. The largest absolute Gasteiger partial charge is 0.386 e. The van der Waals surface area contributed by atoms with Crippen LogP contribution in [0.3, 0.4) is 0 Å². The Balaban J connectivity index is 1.85. The maximum atomic E-state index is 13.5. The van der Waals surface area contributed by atoms with Crippen LogP contribution in [-0.2, 0) is 6.42 Å². The Morgan fingerprint density at radius 2 is 2.24 bits per heavy atom. The lowest BCUT2D eigenvalue weighted by molar-refractivity contribution is 0.170. The van der Waals surface area contributed by atoms with E-state index in [0.29, 0.717) is 5.13 Å². The Labute approximate surface area is 125 Å². The van der Waals surface area contributed by atoms with Gasteiger partial charge in [0.2, 0.25) is 0 Å². The van der Waals surface area contributed by atoms with Crippen LogP contribution in [0.1, 0.15) is 23.5 Å². The minimum Gasteiger partial charge on any atom is -0.386 e. The van der Waals surface area contributed by atoms with E-state index < -0.39 is 18.0 Å². The van der Waals surface area contributed by atoms with Crippen molar-refractivity contribution in [3.63, 3.8) is 0 Å². The molecule has 5 nitrogen and oxygen atoms in total. The first-order chi connectivity index (χ1) is 10.1. The van der Waals surface area contributed by atoms with Crippen molar-refractivity contribution >= 4 is 22.5 Å². The van der Waals surface area contributed by atoms with Gasteiger partial charge in [-0.2, -0.15) is 0 Å². The number of amides is 2. The van der Waals surface area contributed by atoms with E-state index in [9.17, 15) is 14.3 Å². The molecule has 1 unspecified atom stereocenters. The predicted octanol–water partition coefficient (Wildman–Crippen LogP) is 2.70. The Kier molecular flexibility index (Phi) is 5.24. The van der Waals surface area contributed by atoms with E-state index in [4.69, 9.17) is 0 Å². The number of urea groups is 1. The lowest BCUT2D eigenvalue weighted by Crippen LogP contribution is -2.32. The number of carbonyl (C=O) groups is 1. The van der Waals surface area contributed by atoms with E-state index in [-0.39, 0.29) is 12.1 Å². The fraction of sp³-hybridized carbons (Fsp3) is 0.286. The van der Waals surface area contributed by atoms with Crippen molar-refractivity contribution in [2.24, 2.45) is 0 Å². The molecule has 1 aromatic carbocycles. The predicted molar refractivity (Wildman–Crippen MR) is 79.9 cm³/mol. The number of nitrogens with one attached hydrogen (secondary N) is 2. The fourth-order valence-corrected chi connectivity index (χ4v) is 2.46. The number of aliphatic hydroxyl groups is 1. The molecule has 0 spiro atoms. The van der Waals surface area contributed by atoms with Gasteiger partial charge in [-0.1, -0.05) is 25.1 Å². The number of hydrogen-bond acceptors (Lipinski definition) is 4. The lowest BCUT2D eigenvalue weighted by Gasteiger charge is -2.12. The van der Waals surface area contributed by atoms with Crippen LogP contribution in [-0.4, -0.2) is 22.7 Å². The van der Waals surface area contributed by atoms with E-state index in [0.717, 1.165) is 11.3 Å². The zero-order chi connectivity index (χ0) is 15.2. The SMILES string of the molecule is CCc1cnc(NC(=O)NCC(O)c2ccccc2F)s1. The molecular formula is C14H16FN3O2S. The van der Waals surface area contributed by atoms with Gasteiger partial charge < -0.3 is 10.4 Å². The van der Waals surface area contributed by atoms with Crippen LogP contribution in [0.5, 0.6) is 0 Å². The van der Waals surface area contributed by atoms with Gasteiger partial charge in [0, 0.05) is 23.2 Å². The Hall–Kier alpha value is -1.99. The van der Waals surface area contributed by atoms with Crippen LogP contribution >= 0.6 is 11.3 Å². The smallest absolute Gasteiger partial charge is 0.321 e. The van der Waals surface area contributed by atoms with Crippen LogP contribution in [0.4, 0.5) is 14.3 Å². The summed E-state index contributed by atoms with van der Waals surface area (Å²) >= 11 is 1.39. The van der Waals surface area contributed by atoms with Crippen LogP contribution < -0.4 is 10.6 Å². The van der Waals surface area contributed by atoms with Crippen molar-refractivity contribution in [3.05, 3.63) is 46.7 Å². The number of aromatic nitrogens is 1. The second-order valence-electron chi connectivity index (χ2n) is 4.36. The van der Waals surface area contributed by atoms with E-state index >= 15 is 0 Å². The van der Waals surface area contributed by atoms with Crippen molar-refractivity contribution in [1.29, 1.82) is 0 Å². The number of aliphatic hydroxyl groups excluding tert-OH is 1. The van der Waals surface area contributed by atoms with Gasteiger partial charge in [-0.3, -0.25) is 5.32 Å². The Morgan fingerprint density at radius 3 is 2.90 bits per heavy atom. The Bertz CT molecular complexity index is 618. The topological polar surface area (TPSA) is 74.2 Å². The Morgan fingerprint density at radius 1 is 1.48 bits per heavy atom. The molecule has 2 rings (SSSR count). The standard InChI is InChI=1S/C14H16FN3O2S/c1-2-9-7-17-14(21-9)18-13(20)16-8-12(19)10-5-3-4-6-11(10)15/h3-7,12,19H,2,8H2,1H3,(H2,16,17,18,20). The zero-order valence-electron chi connectivity index (χ0n) is 11.5. The van der Waals surface area contributed by atoms with Gasteiger partial charge in [-0.05, 0) is 12.5 Å². The van der Waals surface area contributed by atoms with Crippen molar-refractivity contribution in [2.75, 3.05) is 11.9 Å². The summed E-state index contributed by atoms with van der Waals surface area (Å²) in [6, 6.07) is 5.43. The van der Waals surface area contributed by atoms with Gasteiger partial charge in [0.25, 0.3) is 0 Å². The second kappa shape index (κ2) is 7.14. The van der Waals surface area contributed by atoms with E-state index in [1.165, 1.54) is 23.5 Å². The molecule has 21 heavy (non-hydrogen) atoms. The average molecular weight is 309 g/mol. The third-order valence-corrected chi connectivity index (χ3v) is 3.90. The number of halogens is 1. The molecule has 0 aliphatic carbocycles. The van der Waals surface area contributed by atoms with Gasteiger partial charge in [0.05, 0.1) is 6.10 Å². The van der Waals surface area contributed by atoms with Crippen molar-refractivity contribution in [2.45, 2.75) is 19.4 Å². The van der Waals surface area contributed by atoms with Crippen molar-refractivity contribution in [1.82, 2.24) is 10.3 Å². The van der Waals surface area contributed by atoms with Gasteiger partial charge in [-0.15, -0.1) is 11.3 Å². The molecule has 0 radical (unpaired) electrons. The molecule has 2 amide bonds. The maximum absolute atomic E-state index is 13.5. The summed E-state index contributed by atoms with van der Waals surface area (Å²) in [5, 5.41) is 15.4. The van der Waals surface area contributed by atoms with E-state index in [1.807, 2.05) is 6.92 Å². The summed E-state index contributed by atoms with van der Waals surface area (Å²) in [6.45, 7) is 1.92. The summed E-state index contributed by atoms with van der Waals surface area (Å²) in [5.41, 5.74) is 0.153. The highest BCUT2D eigenvalue weighted by Crippen LogP contribution is 2.18. The number of carbonyl (C=O) groups excluding carboxylic acids is 1. The molecule has 7 heteroatoms. The summed E-state index contributed by atoms with van der Waals surface area (Å²) in [7, 11) is 0. The highest BCUT2D eigenvalue weighted by molar-refractivity contribution is 7.15. The normalized spacial score (nSPS) is 12.0. The molecule has 0 fully saturated rings. The fourth-order valence-electron chi connectivity index (χ4n) is 1.71. The summed E-state index contributed by atoms with van der Waals surface area (Å²) in [4.78, 5) is 16.8. The number of rotatable bonds is 5. The molecule has 112 valence electrons. The summed E-state index contributed by atoms with van der Waals surface area (Å²) in [5.74, 6) is -0.500. The molecule has 0 saturated heterocycles. The number of thiazole rings is 1. The molecule has 0 saturated carbocycles. The van der Waals surface area contributed by atoms with Gasteiger partial charge in [0.15, 0.2) is 5.13 Å². The molecular weight excluding hydrogens is 293 g/mol. The first-order valence-corrected chi connectivity index (χ1v) is 7.34. The third kappa shape index (κ3) is 4.24. The molecule has 1 aromatic heterocycles. The highest BCUT2D eigenvalue weighted by atomic mass is 32.1. The van der Waals surface area contributed by atoms with Gasteiger partial charge in [-0.25, -0.2) is 14.2 Å². The second-order valence-corrected chi connectivity index (χ2v) is 5.47. The third-order valence-electron chi connectivity index (χ3n) is 2.84. The number of nitrogens with zero attached hydrogens (tertiary/aromatic N) is 1. The average Bonchev–Trinajstić information content (AvgIpc) is 2.93. The van der Waals surface area contributed by atoms with E-state index in [1.54, 1.807) is 18.3 Å². The minimum atomic E-state index is -1.10. The zero-order valence-corrected chi connectivity index (χ0v) is 12.3. The highest BCUT2D eigenvalue weighted by Gasteiger charge is 2.13. The first kappa shape index (κ1) is 15.4. The summed E-state index contributed by atoms with van der Waals surface area (Å²) in [6.07, 6.45) is 1.46. The van der Waals surface area contributed by atoms with Gasteiger partial charge in [0.1, 0.15) is 5.82 Å². The van der Waals surface area contributed by atoms with Crippen LogP contribution in [0, 0.1) is 5.82 Å². The molecule has 0 bridgehead atoms. The lowest BCUT2D eigenvalue weighted by atomic mass is 10.1. The minimum absolute atomic E-state index is 0.0845. The van der Waals surface area contributed by atoms with Crippen LogP contribution in [0.15, 0.2) is 30.5 Å². The number of hydrogen-bond donors (Lipinski definition) is 3. The van der Waals surface area contributed by atoms with Crippen LogP contribution in [0.25, 0.3) is 0 Å². The molecule has 1 atom stereocenters. The molecule has 2 aromatic rings.